The molecule has 0 aliphatic carbocycles. The number of methoxy groups -OCH3 is 1. The van der Waals surface area contributed by atoms with Crippen LogP contribution in [0.2, 0.25) is 10.0 Å². The molecule has 140 valence electrons. The number of halogens is 2. The summed E-state index contributed by atoms with van der Waals surface area (Å²) < 4.78 is 6.21. The second-order valence-electron chi connectivity index (χ2n) is 5.18. The van der Waals surface area contributed by atoms with Crippen LogP contribution in [0, 0.1) is 10.1 Å². The van der Waals surface area contributed by atoms with Gasteiger partial charge in [0.1, 0.15) is 6.33 Å². The third-order valence-electron chi connectivity index (χ3n) is 3.40. The van der Waals surface area contributed by atoms with Crippen LogP contribution in [0.3, 0.4) is 0 Å². The molecule has 11 nitrogen and oxygen atoms in total. The number of nitro groups is 1. The van der Waals surface area contributed by atoms with E-state index in [1.54, 1.807) is 18.2 Å². The Hall–Kier alpha value is -3.18. The van der Waals surface area contributed by atoms with Gasteiger partial charge in [0, 0.05) is 0 Å². The summed E-state index contributed by atoms with van der Waals surface area (Å²) in [5.41, 5.74) is -0.135. The fourth-order valence-corrected chi connectivity index (χ4v) is 2.53. The lowest BCUT2D eigenvalue weighted by Gasteiger charge is -2.03. The van der Waals surface area contributed by atoms with Crippen molar-refractivity contribution in [3.63, 3.8) is 0 Å². The first-order valence-electron chi connectivity index (χ1n) is 7.30. The smallest absolute Gasteiger partial charge is 0.362 e. The average molecular weight is 412 g/mol. The van der Waals surface area contributed by atoms with E-state index in [1.165, 1.54) is 18.1 Å². The maximum atomic E-state index is 12.3. The van der Waals surface area contributed by atoms with Gasteiger partial charge in [0.2, 0.25) is 11.6 Å². The number of carbonyl (C=O) groups excluding carboxylic acids is 1. The monoisotopic (exact) mass is 411 g/mol. The molecule has 2 aromatic heterocycles. The molecule has 0 bridgehead atoms. The molecule has 1 aromatic carbocycles. The van der Waals surface area contributed by atoms with Crippen molar-refractivity contribution < 1.29 is 14.5 Å². The first-order valence-corrected chi connectivity index (χ1v) is 8.06. The fourth-order valence-electron chi connectivity index (χ4n) is 2.21. The van der Waals surface area contributed by atoms with Crippen LogP contribution in [0.25, 0.3) is 0 Å². The summed E-state index contributed by atoms with van der Waals surface area (Å²) in [5, 5.41) is 24.2. The van der Waals surface area contributed by atoms with Gasteiger partial charge in [-0.1, -0.05) is 29.3 Å². The minimum Gasteiger partial charge on any atom is -0.475 e. The first kappa shape index (κ1) is 18.6. The Morgan fingerprint density at radius 3 is 2.85 bits per heavy atom. The number of aromatic nitrogens is 5. The molecule has 0 aliphatic heterocycles. The van der Waals surface area contributed by atoms with E-state index in [-0.39, 0.29) is 17.5 Å². The SMILES string of the molecule is COc1n[nH]c(C(=O)Nc2ncn(Cc3ccc(Cl)c(Cl)c3)n2)c1[N+](=O)[O-]. The van der Waals surface area contributed by atoms with Crippen molar-refractivity contribution in [1.29, 1.82) is 0 Å². The summed E-state index contributed by atoms with van der Waals surface area (Å²) in [5.74, 6) is -1.17. The van der Waals surface area contributed by atoms with E-state index in [0.717, 1.165) is 5.56 Å². The molecule has 0 spiro atoms. The molecule has 0 saturated heterocycles. The number of rotatable bonds is 6. The Kier molecular flexibility index (Phi) is 5.23. The normalized spacial score (nSPS) is 10.6. The van der Waals surface area contributed by atoms with Gasteiger partial charge in [-0.2, -0.15) is 0 Å². The summed E-state index contributed by atoms with van der Waals surface area (Å²) in [6, 6.07) is 5.11. The van der Waals surface area contributed by atoms with E-state index in [9.17, 15) is 14.9 Å². The van der Waals surface area contributed by atoms with Gasteiger partial charge in [0.05, 0.1) is 28.6 Å². The third-order valence-corrected chi connectivity index (χ3v) is 4.14. The number of benzene rings is 1. The number of hydrogen-bond acceptors (Lipinski definition) is 7. The van der Waals surface area contributed by atoms with Crippen LogP contribution >= 0.6 is 23.2 Å². The molecule has 0 aliphatic rings. The maximum Gasteiger partial charge on any atom is 0.362 e. The number of hydrogen-bond donors (Lipinski definition) is 2. The number of nitrogens with one attached hydrogen (secondary N) is 2. The minimum atomic E-state index is -0.829. The van der Waals surface area contributed by atoms with Gasteiger partial charge < -0.3 is 4.74 Å². The van der Waals surface area contributed by atoms with E-state index in [1.807, 2.05) is 0 Å². The fraction of sp³-hybridized carbons (Fsp3) is 0.143. The zero-order valence-corrected chi connectivity index (χ0v) is 15.2. The van der Waals surface area contributed by atoms with E-state index >= 15 is 0 Å². The molecule has 3 rings (SSSR count). The van der Waals surface area contributed by atoms with Crippen LogP contribution in [0.1, 0.15) is 16.1 Å². The molecular formula is C14H11Cl2N7O4. The highest BCUT2D eigenvalue weighted by Crippen LogP contribution is 2.28. The van der Waals surface area contributed by atoms with E-state index < -0.39 is 16.5 Å². The predicted molar refractivity (Wildman–Crippen MR) is 95.3 cm³/mol. The Balaban J connectivity index is 1.74. The highest BCUT2D eigenvalue weighted by Gasteiger charge is 2.30. The molecule has 0 unspecified atom stereocenters. The lowest BCUT2D eigenvalue weighted by Crippen LogP contribution is -2.15. The highest BCUT2D eigenvalue weighted by molar-refractivity contribution is 6.42. The molecule has 27 heavy (non-hydrogen) atoms. The lowest BCUT2D eigenvalue weighted by atomic mass is 10.2. The molecule has 0 saturated carbocycles. The minimum absolute atomic E-state index is 0.0390. The largest absolute Gasteiger partial charge is 0.475 e. The van der Waals surface area contributed by atoms with Gasteiger partial charge in [-0.3, -0.25) is 25.3 Å². The van der Waals surface area contributed by atoms with Crippen molar-refractivity contribution in [2.24, 2.45) is 0 Å². The average Bonchev–Trinajstić information content (AvgIpc) is 3.24. The summed E-state index contributed by atoms with van der Waals surface area (Å²) in [7, 11) is 1.21. The van der Waals surface area contributed by atoms with Gasteiger partial charge in [-0.25, -0.2) is 9.67 Å². The Morgan fingerprint density at radius 2 is 2.19 bits per heavy atom. The molecule has 1 amide bonds. The van der Waals surface area contributed by atoms with E-state index in [4.69, 9.17) is 27.9 Å². The topological polar surface area (TPSA) is 141 Å². The van der Waals surface area contributed by atoms with Gasteiger partial charge in [-0.15, -0.1) is 10.2 Å². The van der Waals surface area contributed by atoms with E-state index in [0.29, 0.717) is 16.6 Å². The molecular weight excluding hydrogens is 401 g/mol. The zero-order chi connectivity index (χ0) is 19.6. The van der Waals surface area contributed by atoms with Crippen molar-refractivity contribution >= 4 is 40.7 Å². The van der Waals surface area contributed by atoms with Crippen molar-refractivity contribution in [1.82, 2.24) is 25.0 Å². The number of carbonyl (C=O) groups is 1. The zero-order valence-electron chi connectivity index (χ0n) is 13.6. The summed E-state index contributed by atoms with van der Waals surface area (Å²) in [4.78, 5) is 26.5. The Bertz CT molecular complexity index is 1020. The molecule has 3 aromatic rings. The van der Waals surface area contributed by atoms with Crippen LogP contribution in [0.5, 0.6) is 5.88 Å². The van der Waals surface area contributed by atoms with Gasteiger partial charge >= 0.3 is 11.6 Å². The van der Waals surface area contributed by atoms with Crippen molar-refractivity contribution in [3.8, 4) is 5.88 Å². The first-order chi connectivity index (χ1) is 12.9. The lowest BCUT2D eigenvalue weighted by molar-refractivity contribution is -0.386. The number of amides is 1. The van der Waals surface area contributed by atoms with E-state index in [2.05, 4.69) is 25.6 Å². The number of ether oxygens (including phenoxy) is 1. The maximum absolute atomic E-state index is 12.3. The summed E-state index contributed by atoms with van der Waals surface area (Å²) >= 11 is 11.8. The Labute approximate surface area is 161 Å². The number of aromatic amines is 1. The van der Waals surface area contributed by atoms with Crippen molar-refractivity contribution in [2.45, 2.75) is 6.54 Å². The third kappa shape index (κ3) is 3.99. The van der Waals surface area contributed by atoms with Crippen LogP contribution < -0.4 is 10.1 Å². The summed E-state index contributed by atoms with van der Waals surface area (Å²) in [6.07, 6.45) is 1.39. The molecule has 0 atom stereocenters. The van der Waals surface area contributed by atoms with Gasteiger partial charge in [-0.05, 0) is 17.7 Å². The van der Waals surface area contributed by atoms with Gasteiger partial charge in [0.15, 0.2) is 0 Å². The molecule has 0 fully saturated rings. The number of H-pyrrole nitrogens is 1. The second-order valence-corrected chi connectivity index (χ2v) is 6.00. The quantitative estimate of drug-likeness (QED) is 0.468. The standard InChI is InChI=1S/C14H11Cl2N7O4/c1-27-13-11(23(25)26)10(19-20-13)12(24)18-14-17-6-22(21-14)5-7-2-3-8(15)9(16)4-7/h2-4,6H,5H2,1H3,(H,19,20)(H,18,21,24). The molecule has 2 N–H and O–H groups in total. The van der Waals surface area contributed by atoms with Crippen LogP contribution in [0.4, 0.5) is 11.6 Å². The van der Waals surface area contributed by atoms with Crippen LogP contribution in [-0.4, -0.2) is 42.9 Å². The molecule has 0 radical (unpaired) electrons. The van der Waals surface area contributed by atoms with Crippen LogP contribution in [-0.2, 0) is 6.54 Å². The number of nitrogens with zero attached hydrogens (tertiary/aromatic N) is 5. The predicted octanol–water partition coefficient (Wildman–Crippen LogP) is 2.53. The summed E-state index contributed by atoms with van der Waals surface area (Å²) in [6.45, 7) is 0.331. The molecule has 13 heteroatoms. The highest BCUT2D eigenvalue weighted by atomic mass is 35.5. The van der Waals surface area contributed by atoms with Crippen LogP contribution in [0.15, 0.2) is 24.5 Å². The van der Waals surface area contributed by atoms with Crippen molar-refractivity contribution in [2.75, 3.05) is 12.4 Å². The van der Waals surface area contributed by atoms with Gasteiger partial charge in [0.25, 0.3) is 5.91 Å². The van der Waals surface area contributed by atoms with Crippen molar-refractivity contribution in [3.05, 3.63) is 55.9 Å². The molecule has 2 heterocycles. The second kappa shape index (κ2) is 7.60. The number of anilines is 1. The Morgan fingerprint density at radius 1 is 1.41 bits per heavy atom.